The molecule has 1 N–H and O–H groups in total. The highest BCUT2D eigenvalue weighted by atomic mass is 79.9. The average Bonchev–Trinajstić information content (AvgIpc) is 2.84. The Kier molecular flexibility index (Phi) is 6.03. The number of rotatable bonds is 5. The molecule has 1 aliphatic heterocycles. The number of benzene rings is 1. The smallest absolute Gasteiger partial charge is 0.343 e. The van der Waals surface area contributed by atoms with Crippen LogP contribution < -0.4 is 14.8 Å². The first-order chi connectivity index (χ1) is 10.9. The first-order valence-corrected chi connectivity index (χ1v) is 8.28. The number of hydrogen-bond acceptors (Lipinski definition) is 7. The van der Waals surface area contributed by atoms with E-state index < -0.39 is 5.97 Å². The number of carbonyl (C=O) groups excluding carboxylic acids is 2. The Labute approximate surface area is 150 Å². The normalized spacial score (nSPS) is 15.5. The van der Waals surface area contributed by atoms with E-state index in [9.17, 15) is 9.59 Å². The summed E-state index contributed by atoms with van der Waals surface area (Å²) in [6, 6.07) is 3.35. The molecule has 0 bridgehead atoms. The van der Waals surface area contributed by atoms with Crippen molar-refractivity contribution in [2.45, 2.75) is 0 Å². The van der Waals surface area contributed by atoms with E-state index in [4.69, 9.17) is 21.7 Å². The molecule has 1 saturated heterocycles. The minimum Gasteiger partial charge on any atom is -0.493 e. The van der Waals surface area contributed by atoms with Gasteiger partial charge in [-0.1, -0.05) is 39.9 Å². The first kappa shape index (κ1) is 17.8. The van der Waals surface area contributed by atoms with Crippen LogP contribution in [-0.2, 0) is 14.3 Å². The number of carbonyl (C=O) groups is 2. The van der Waals surface area contributed by atoms with Gasteiger partial charge in [0.15, 0.2) is 18.1 Å². The van der Waals surface area contributed by atoms with Gasteiger partial charge in [-0.25, -0.2) is 4.79 Å². The summed E-state index contributed by atoms with van der Waals surface area (Å²) in [7, 11) is 2.76. The predicted molar refractivity (Wildman–Crippen MR) is 94.5 cm³/mol. The van der Waals surface area contributed by atoms with Gasteiger partial charge in [-0.3, -0.25) is 4.79 Å². The molecule has 1 fully saturated rings. The van der Waals surface area contributed by atoms with E-state index >= 15 is 0 Å². The predicted octanol–water partition coefficient (Wildman–Crippen LogP) is 2.50. The standard InChI is InChI=1S/C14H12BrNO5S2/c1-19-9-3-7(4-11-13(18)16-14(22)23-11)8(15)5-10(9)21-6-12(17)20-2/h3-5H,6H2,1-2H3,(H,16,18,22)/b11-4-. The average molecular weight is 418 g/mol. The second kappa shape index (κ2) is 7.80. The van der Waals surface area contributed by atoms with Gasteiger partial charge in [0.1, 0.15) is 4.32 Å². The Morgan fingerprint density at radius 1 is 1.39 bits per heavy atom. The molecule has 9 heteroatoms. The molecule has 1 aliphatic rings. The van der Waals surface area contributed by atoms with Gasteiger partial charge in [0, 0.05) is 4.47 Å². The molecule has 0 saturated carbocycles. The third kappa shape index (κ3) is 4.46. The fourth-order valence-corrected chi connectivity index (χ4v) is 3.16. The number of nitrogens with one attached hydrogen (secondary N) is 1. The summed E-state index contributed by atoms with van der Waals surface area (Å²) < 4.78 is 16.2. The van der Waals surface area contributed by atoms with Gasteiger partial charge in [0.2, 0.25) is 0 Å². The van der Waals surface area contributed by atoms with Gasteiger partial charge >= 0.3 is 5.97 Å². The Balaban J connectivity index is 2.29. The molecule has 1 heterocycles. The zero-order valence-corrected chi connectivity index (χ0v) is 15.4. The van der Waals surface area contributed by atoms with Crippen LogP contribution in [0.3, 0.4) is 0 Å². The number of esters is 1. The summed E-state index contributed by atoms with van der Waals surface area (Å²) >= 11 is 9.55. The van der Waals surface area contributed by atoms with Crippen molar-refractivity contribution in [1.29, 1.82) is 0 Å². The molecule has 1 aromatic rings. The minimum absolute atomic E-state index is 0.230. The quantitative estimate of drug-likeness (QED) is 0.448. The fraction of sp³-hybridized carbons (Fsp3) is 0.214. The van der Waals surface area contributed by atoms with Crippen molar-refractivity contribution >= 4 is 62.2 Å². The van der Waals surface area contributed by atoms with Crippen LogP contribution in [0.2, 0.25) is 0 Å². The van der Waals surface area contributed by atoms with Gasteiger partial charge in [-0.2, -0.15) is 0 Å². The maximum atomic E-state index is 11.7. The monoisotopic (exact) mass is 417 g/mol. The van der Waals surface area contributed by atoms with Crippen molar-refractivity contribution in [3.63, 3.8) is 0 Å². The molecular formula is C14H12BrNO5S2. The molecule has 0 unspecified atom stereocenters. The molecule has 0 atom stereocenters. The second-order valence-corrected chi connectivity index (χ2v) is 6.81. The van der Waals surface area contributed by atoms with Crippen LogP contribution in [0.25, 0.3) is 6.08 Å². The molecule has 2 rings (SSSR count). The van der Waals surface area contributed by atoms with Crippen LogP contribution in [0.1, 0.15) is 5.56 Å². The van der Waals surface area contributed by atoms with Crippen LogP contribution in [-0.4, -0.2) is 37.0 Å². The fourth-order valence-electron chi connectivity index (χ4n) is 1.69. The van der Waals surface area contributed by atoms with E-state index in [0.29, 0.717) is 25.2 Å². The van der Waals surface area contributed by atoms with Gasteiger partial charge in [0.05, 0.1) is 19.1 Å². The first-order valence-electron chi connectivity index (χ1n) is 6.26. The van der Waals surface area contributed by atoms with Crippen LogP contribution >= 0.6 is 39.9 Å². The third-order valence-corrected chi connectivity index (χ3v) is 4.63. The lowest BCUT2D eigenvalue weighted by Crippen LogP contribution is -2.17. The second-order valence-electron chi connectivity index (χ2n) is 4.24. The van der Waals surface area contributed by atoms with Crippen molar-refractivity contribution in [3.05, 3.63) is 27.1 Å². The van der Waals surface area contributed by atoms with E-state index in [2.05, 4.69) is 26.0 Å². The Morgan fingerprint density at radius 3 is 2.70 bits per heavy atom. The minimum atomic E-state index is -0.498. The molecule has 0 spiro atoms. The van der Waals surface area contributed by atoms with Crippen molar-refractivity contribution < 1.29 is 23.8 Å². The lowest BCUT2D eigenvalue weighted by atomic mass is 10.2. The lowest BCUT2D eigenvalue weighted by Gasteiger charge is -2.12. The summed E-state index contributed by atoms with van der Waals surface area (Å²) in [6.07, 6.45) is 1.69. The molecular weight excluding hydrogens is 406 g/mol. The van der Waals surface area contributed by atoms with E-state index in [1.54, 1.807) is 18.2 Å². The molecule has 0 aliphatic carbocycles. The highest BCUT2D eigenvalue weighted by Crippen LogP contribution is 2.36. The summed E-state index contributed by atoms with van der Waals surface area (Å²) in [5.74, 6) is 0.0692. The number of thiocarbonyl (C=S) groups is 1. The number of halogens is 1. The van der Waals surface area contributed by atoms with Crippen LogP contribution in [0.15, 0.2) is 21.5 Å². The van der Waals surface area contributed by atoms with Crippen molar-refractivity contribution in [2.24, 2.45) is 0 Å². The highest BCUT2D eigenvalue weighted by Gasteiger charge is 2.22. The summed E-state index contributed by atoms with van der Waals surface area (Å²) in [5.41, 5.74) is 0.717. The highest BCUT2D eigenvalue weighted by molar-refractivity contribution is 9.10. The topological polar surface area (TPSA) is 73.9 Å². The van der Waals surface area contributed by atoms with Gasteiger partial charge < -0.3 is 19.5 Å². The number of hydrogen-bond donors (Lipinski definition) is 1. The SMILES string of the molecule is COC(=O)COc1cc(Br)c(/C=C2\SC(=S)NC2=O)cc1OC. The molecule has 1 amide bonds. The summed E-state index contributed by atoms with van der Waals surface area (Å²) in [5, 5.41) is 2.55. The molecule has 1 aromatic carbocycles. The summed E-state index contributed by atoms with van der Waals surface area (Å²) in [6.45, 7) is -0.230. The van der Waals surface area contributed by atoms with Crippen LogP contribution in [0.4, 0.5) is 0 Å². The Morgan fingerprint density at radius 2 is 2.13 bits per heavy atom. The largest absolute Gasteiger partial charge is 0.493 e. The Hall–Kier alpha value is -1.58. The van der Waals surface area contributed by atoms with Crippen molar-refractivity contribution in [1.82, 2.24) is 5.32 Å². The third-order valence-electron chi connectivity index (χ3n) is 2.78. The van der Waals surface area contributed by atoms with Gasteiger partial charge in [0.25, 0.3) is 5.91 Å². The maximum absolute atomic E-state index is 11.7. The van der Waals surface area contributed by atoms with E-state index in [-0.39, 0.29) is 12.5 Å². The molecule has 0 aromatic heterocycles. The molecule has 6 nitrogen and oxygen atoms in total. The maximum Gasteiger partial charge on any atom is 0.343 e. The van der Waals surface area contributed by atoms with Gasteiger partial charge in [-0.15, -0.1) is 0 Å². The zero-order chi connectivity index (χ0) is 17.0. The van der Waals surface area contributed by atoms with Crippen LogP contribution in [0, 0.1) is 0 Å². The number of methoxy groups -OCH3 is 2. The van der Waals surface area contributed by atoms with E-state index in [0.717, 1.165) is 5.56 Å². The van der Waals surface area contributed by atoms with E-state index in [1.165, 1.54) is 26.0 Å². The van der Waals surface area contributed by atoms with Crippen molar-refractivity contribution in [2.75, 3.05) is 20.8 Å². The van der Waals surface area contributed by atoms with Crippen molar-refractivity contribution in [3.8, 4) is 11.5 Å². The molecule has 0 radical (unpaired) electrons. The number of amides is 1. The zero-order valence-electron chi connectivity index (χ0n) is 12.2. The lowest BCUT2D eigenvalue weighted by molar-refractivity contribution is -0.142. The molecule has 122 valence electrons. The van der Waals surface area contributed by atoms with Crippen LogP contribution in [0.5, 0.6) is 11.5 Å². The number of thioether (sulfide) groups is 1. The molecule has 23 heavy (non-hydrogen) atoms. The number of ether oxygens (including phenoxy) is 3. The van der Waals surface area contributed by atoms with E-state index in [1.807, 2.05) is 0 Å². The Bertz CT molecular complexity index is 705. The summed E-state index contributed by atoms with van der Waals surface area (Å²) in [4.78, 5) is 23.4. The van der Waals surface area contributed by atoms with Gasteiger partial charge in [-0.05, 0) is 23.8 Å².